The van der Waals surface area contributed by atoms with Gasteiger partial charge in [-0.3, -0.25) is 4.79 Å². The lowest BCUT2D eigenvalue weighted by molar-refractivity contribution is -0.135. The summed E-state index contributed by atoms with van der Waals surface area (Å²) < 4.78 is 8.28. The number of carbonyl (C=O) groups excluding carboxylic acids is 1. The van der Waals surface area contributed by atoms with E-state index in [0.717, 1.165) is 18.4 Å². The maximum absolute atomic E-state index is 11.9. The summed E-state index contributed by atoms with van der Waals surface area (Å²) in [5.41, 5.74) is 3.74. The first-order valence-electron chi connectivity index (χ1n) is 7.12. The van der Waals surface area contributed by atoms with E-state index < -0.39 is 0 Å². The molecule has 3 unspecified atom stereocenters. The molecule has 2 nitrogen and oxygen atoms in total. The zero-order valence-electron chi connectivity index (χ0n) is 11.7. The van der Waals surface area contributed by atoms with E-state index in [2.05, 4.69) is 24.8 Å². The molecule has 1 aromatic carbocycles. The van der Waals surface area contributed by atoms with Gasteiger partial charge in [-0.1, -0.05) is 30.9 Å². The Morgan fingerprint density at radius 3 is 3.11 bits per heavy atom. The number of carbonyl (C=O) groups is 1. The van der Waals surface area contributed by atoms with Crippen molar-refractivity contribution in [2.24, 2.45) is 0 Å². The summed E-state index contributed by atoms with van der Waals surface area (Å²) in [6.07, 6.45) is 3.86. The van der Waals surface area contributed by atoms with Crippen LogP contribution in [0.2, 0.25) is 0 Å². The normalized spacial score (nSPS) is 31.4. The van der Waals surface area contributed by atoms with E-state index >= 15 is 0 Å². The average molecular weight is 242 g/mol. The van der Waals surface area contributed by atoms with Crippen molar-refractivity contribution < 1.29 is 6.17 Å². The van der Waals surface area contributed by atoms with Crippen molar-refractivity contribution in [2.45, 2.75) is 37.6 Å². The van der Waals surface area contributed by atoms with Crippen LogP contribution in [0.3, 0.4) is 0 Å². The second kappa shape index (κ2) is 4.27. The Morgan fingerprint density at radius 1 is 1.50 bits per heavy atom. The molecule has 2 heteroatoms. The van der Waals surface area contributed by atoms with Gasteiger partial charge in [0.15, 0.2) is 0 Å². The van der Waals surface area contributed by atoms with E-state index in [1.165, 1.54) is 11.1 Å². The van der Waals surface area contributed by atoms with Crippen LogP contribution < -0.4 is 0 Å². The Kier molecular flexibility index (Phi) is 2.46. The van der Waals surface area contributed by atoms with Gasteiger partial charge in [-0.15, -0.1) is 0 Å². The number of benzene rings is 1. The van der Waals surface area contributed by atoms with Gasteiger partial charge in [0.05, 0.1) is 0 Å². The summed E-state index contributed by atoms with van der Waals surface area (Å²) in [4.78, 5) is 13.7. The SMILES string of the molecule is [2H]C1CC(=O)N(C)C2CCc3cc(C=C)ccc3C12. The predicted molar refractivity (Wildman–Crippen MR) is 73.4 cm³/mol. The molecule has 1 saturated heterocycles. The van der Waals surface area contributed by atoms with Crippen molar-refractivity contribution in [3.8, 4) is 0 Å². The number of rotatable bonds is 1. The molecular weight excluding hydrogens is 222 g/mol. The zero-order valence-corrected chi connectivity index (χ0v) is 10.7. The maximum Gasteiger partial charge on any atom is 0.222 e. The molecule has 3 atom stereocenters. The van der Waals surface area contributed by atoms with E-state index in [1.807, 2.05) is 18.0 Å². The third-order valence-corrected chi connectivity index (χ3v) is 4.32. The van der Waals surface area contributed by atoms with Gasteiger partial charge in [0.2, 0.25) is 5.91 Å². The first-order chi connectivity index (χ1) is 9.11. The fraction of sp³-hybridized carbons (Fsp3) is 0.438. The second-order valence-electron chi connectivity index (χ2n) is 5.24. The smallest absolute Gasteiger partial charge is 0.222 e. The molecule has 1 aromatic rings. The Morgan fingerprint density at radius 2 is 2.33 bits per heavy atom. The van der Waals surface area contributed by atoms with Gasteiger partial charge in [0, 0.05) is 26.8 Å². The molecule has 1 amide bonds. The van der Waals surface area contributed by atoms with Crippen molar-refractivity contribution >= 4 is 12.0 Å². The summed E-state index contributed by atoms with van der Waals surface area (Å²) in [5.74, 6) is 0.290. The fourth-order valence-electron chi connectivity index (χ4n) is 3.26. The minimum absolute atomic E-state index is 0.118. The molecule has 0 spiro atoms. The largest absolute Gasteiger partial charge is 0.342 e. The number of fused-ring (bicyclic) bond motifs is 3. The maximum atomic E-state index is 11.9. The van der Waals surface area contributed by atoms with Crippen molar-refractivity contribution in [3.63, 3.8) is 0 Å². The lowest BCUT2D eigenvalue weighted by Gasteiger charge is -2.43. The van der Waals surface area contributed by atoms with Gasteiger partial charge in [-0.25, -0.2) is 0 Å². The highest BCUT2D eigenvalue weighted by Gasteiger charge is 2.37. The summed E-state index contributed by atoms with van der Waals surface area (Å²) in [7, 11) is 1.88. The number of hydrogen-bond acceptors (Lipinski definition) is 1. The molecule has 1 fully saturated rings. The van der Waals surface area contributed by atoms with Crippen LogP contribution in [0.5, 0.6) is 0 Å². The van der Waals surface area contributed by atoms with Crippen molar-refractivity contribution in [2.75, 3.05) is 7.05 Å². The molecule has 18 heavy (non-hydrogen) atoms. The monoisotopic (exact) mass is 242 g/mol. The quantitative estimate of drug-likeness (QED) is 0.741. The Labute approximate surface area is 110 Å². The third-order valence-electron chi connectivity index (χ3n) is 4.32. The Hall–Kier alpha value is -1.57. The first-order valence-corrected chi connectivity index (χ1v) is 6.55. The van der Waals surface area contributed by atoms with Crippen LogP contribution in [0.1, 0.15) is 43.2 Å². The third kappa shape index (κ3) is 1.67. The van der Waals surface area contributed by atoms with E-state index in [9.17, 15) is 4.79 Å². The molecule has 0 N–H and O–H groups in total. The van der Waals surface area contributed by atoms with Gasteiger partial charge in [-0.05, 0) is 35.9 Å². The summed E-state index contributed by atoms with van der Waals surface area (Å²) in [6.45, 7) is 3.81. The standard InChI is InChI=1S/C16H19NO/c1-3-11-4-6-13-12(10-11)5-8-15-14(13)7-9-16(18)17(15)2/h3-4,6,10,14-15H,1,5,7-9H2,2H3/i7D. The van der Waals surface area contributed by atoms with Gasteiger partial charge in [0.1, 0.15) is 0 Å². The van der Waals surface area contributed by atoms with Crippen LogP contribution in [-0.4, -0.2) is 23.9 Å². The summed E-state index contributed by atoms with van der Waals surface area (Å²) in [5, 5.41) is 0. The molecule has 1 heterocycles. The predicted octanol–water partition coefficient (Wildman–Crippen LogP) is 2.98. The summed E-state index contributed by atoms with van der Waals surface area (Å²) >= 11 is 0. The number of hydrogen-bond donors (Lipinski definition) is 0. The van der Waals surface area contributed by atoms with E-state index in [4.69, 9.17) is 1.37 Å². The van der Waals surface area contributed by atoms with Crippen LogP contribution in [0.25, 0.3) is 6.08 Å². The highest BCUT2D eigenvalue weighted by molar-refractivity contribution is 5.77. The highest BCUT2D eigenvalue weighted by atomic mass is 16.2. The van der Waals surface area contributed by atoms with Gasteiger partial charge >= 0.3 is 0 Å². The number of likely N-dealkylation sites (tertiary alicyclic amines) is 1. The average Bonchev–Trinajstić information content (AvgIpc) is 2.43. The van der Waals surface area contributed by atoms with E-state index in [-0.39, 0.29) is 24.3 Å². The number of amides is 1. The molecule has 0 saturated carbocycles. The van der Waals surface area contributed by atoms with Crippen LogP contribution in [0, 0.1) is 0 Å². The molecule has 0 radical (unpaired) electrons. The van der Waals surface area contributed by atoms with Crippen molar-refractivity contribution in [1.29, 1.82) is 0 Å². The van der Waals surface area contributed by atoms with Crippen molar-refractivity contribution in [1.82, 2.24) is 4.90 Å². The number of aryl methyl sites for hydroxylation is 1. The molecule has 94 valence electrons. The van der Waals surface area contributed by atoms with Crippen molar-refractivity contribution in [3.05, 3.63) is 41.5 Å². The topological polar surface area (TPSA) is 20.3 Å². The minimum atomic E-state index is -0.303. The Balaban J connectivity index is 2.03. The molecule has 2 aliphatic rings. The van der Waals surface area contributed by atoms with Crippen LogP contribution in [-0.2, 0) is 11.2 Å². The summed E-state index contributed by atoms with van der Waals surface area (Å²) in [6, 6.07) is 6.58. The molecule has 0 bridgehead atoms. The molecule has 1 aliphatic carbocycles. The highest BCUT2D eigenvalue weighted by Crippen LogP contribution is 2.40. The van der Waals surface area contributed by atoms with Crippen LogP contribution in [0.15, 0.2) is 24.8 Å². The second-order valence-corrected chi connectivity index (χ2v) is 5.24. The van der Waals surface area contributed by atoms with E-state index in [1.54, 1.807) is 0 Å². The van der Waals surface area contributed by atoms with Gasteiger partial charge in [-0.2, -0.15) is 0 Å². The van der Waals surface area contributed by atoms with Gasteiger partial charge in [0.25, 0.3) is 0 Å². The number of piperidine rings is 1. The minimum Gasteiger partial charge on any atom is -0.342 e. The molecule has 3 rings (SSSR count). The van der Waals surface area contributed by atoms with Crippen LogP contribution in [0.4, 0.5) is 0 Å². The number of nitrogens with zero attached hydrogens (tertiary/aromatic N) is 1. The lowest BCUT2D eigenvalue weighted by Crippen LogP contribution is -2.47. The zero-order chi connectivity index (χ0) is 13.6. The molecular formula is C16H19NO. The molecule has 0 aromatic heterocycles. The first kappa shape index (κ1) is 10.4. The fourth-order valence-corrected chi connectivity index (χ4v) is 3.26. The van der Waals surface area contributed by atoms with Crippen LogP contribution >= 0.6 is 0 Å². The van der Waals surface area contributed by atoms with Gasteiger partial charge < -0.3 is 4.90 Å². The van der Waals surface area contributed by atoms with E-state index in [0.29, 0.717) is 6.42 Å². The molecule has 1 aliphatic heterocycles. The number of likely N-dealkylation sites (N-methyl/N-ethyl adjacent to an activating group) is 1. The Bertz CT molecular complexity index is 540. The lowest BCUT2D eigenvalue weighted by atomic mass is 9.74.